The van der Waals surface area contributed by atoms with E-state index >= 15 is 0 Å². The van der Waals surface area contributed by atoms with Gasteiger partial charge in [0.1, 0.15) is 5.75 Å². The van der Waals surface area contributed by atoms with Crippen LogP contribution < -0.4 is 4.74 Å². The monoisotopic (exact) mass is 282 g/mol. The van der Waals surface area contributed by atoms with Crippen LogP contribution in [0.4, 0.5) is 0 Å². The van der Waals surface area contributed by atoms with Gasteiger partial charge in [-0.15, -0.1) is 0 Å². The molecule has 0 amide bonds. The zero-order chi connectivity index (χ0) is 13.8. The normalized spacial score (nSPS) is 25.1. The van der Waals surface area contributed by atoms with E-state index in [9.17, 15) is 5.11 Å². The third-order valence-electron chi connectivity index (χ3n) is 4.43. The van der Waals surface area contributed by atoms with Crippen LogP contribution >= 0.6 is 11.6 Å². The average molecular weight is 283 g/mol. The highest BCUT2D eigenvalue weighted by molar-refractivity contribution is 6.30. The van der Waals surface area contributed by atoms with Crippen LogP contribution in [-0.4, -0.2) is 12.2 Å². The molecule has 1 atom stereocenters. The third kappa shape index (κ3) is 3.43. The second-order valence-corrected chi connectivity index (χ2v) is 5.96. The Hall–Kier alpha value is -0.730. The topological polar surface area (TPSA) is 29.5 Å². The molecule has 3 heteroatoms. The summed E-state index contributed by atoms with van der Waals surface area (Å²) in [6.07, 6.45) is 5.42. The van der Waals surface area contributed by atoms with Gasteiger partial charge in [-0.3, -0.25) is 0 Å². The van der Waals surface area contributed by atoms with Crippen molar-refractivity contribution in [1.29, 1.82) is 0 Å². The van der Waals surface area contributed by atoms with Crippen molar-refractivity contribution in [3.63, 3.8) is 0 Å². The average Bonchev–Trinajstić information content (AvgIpc) is 2.46. The predicted molar refractivity (Wildman–Crippen MR) is 78.7 cm³/mol. The first-order chi connectivity index (χ1) is 9.15. The minimum atomic E-state index is -0.466. The zero-order valence-corrected chi connectivity index (χ0v) is 12.5. The Morgan fingerprint density at radius 2 is 2.00 bits per heavy atom. The number of rotatable bonds is 4. The molecule has 106 valence electrons. The van der Waals surface area contributed by atoms with Crippen LogP contribution in [0.3, 0.4) is 0 Å². The van der Waals surface area contributed by atoms with E-state index in [1.54, 1.807) is 13.2 Å². The maximum atomic E-state index is 10.6. The lowest BCUT2D eigenvalue weighted by Crippen LogP contribution is -2.20. The van der Waals surface area contributed by atoms with Gasteiger partial charge in [0.25, 0.3) is 0 Å². The number of hydrogen-bond acceptors (Lipinski definition) is 2. The number of ether oxygens (including phenoxy) is 1. The van der Waals surface area contributed by atoms with Crippen molar-refractivity contribution in [2.24, 2.45) is 11.8 Å². The lowest BCUT2D eigenvalue weighted by molar-refractivity contribution is 0.0709. The molecule has 0 spiro atoms. The highest BCUT2D eigenvalue weighted by atomic mass is 35.5. The summed E-state index contributed by atoms with van der Waals surface area (Å²) in [5, 5.41) is 11.3. The number of aliphatic hydroxyl groups is 1. The van der Waals surface area contributed by atoms with Gasteiger partial charge in [-0.2, -0.15) is 0 Å². The number of aliphatic hydroxyl groups excluding tert-OH is 1. The summed E-state index contributed by atoms with van der Waals surface area (Å²) in [4.78, 5) is 0. The summed E-state index contributed by atoms with van der Waals surface area (Å²) in [5.74, 6) is 1.90. The highest BCUT2D eigenvalue weighted by Crippen LogP contribution is 2.40. The van der Waals surface area contributed by atoms with Gasteiger partial charge in [0.15, 0.2) is 0 Å². The molecular weight excluding hydrogens is 260 g/mol. The number of methoxy groups -OCH3 is 1. The molecular formula is C16H23ClO2. The summed E-state index contributed by atoms with van der Waals surface area (Å²) in [5.41, 5.74) is 0.829. The van der Waals surface area contributed by atoms with Crippen molar-refractivity contribution >= 4 is 11.6 Å². The molecule has 0 bridgehead atoms. The fraction of sp³-hybridized carbons (Fsp3) is 0.625. The lowest BCUT2D eigenvalue weighted by atomic mass is 9.77. The van der Waals surface area contributed by atoms with Crippen LogP contribution in [0.2, 0.25) is 5.02 Å². The van der Waals surface area contributed by atoms with Crippen molar-refractivity contribution in [3.05, 3.63) is 28.8 Å². The van der Waals surface area contributed by atoms with E-state index in [-0.39, 0.29) is 0 Å². The van der Waals surface area contributed by atoms with Gasteiger partial charge >= 0.3 is 0 Å². The molecule has 0 aliphatic heterocycles. The molecule has 1 fully saturated rings. The quantitative estimate of drug-likeness (QED) is 0.875. The summed E-state index contributed by atoms with van der Waals surface area (Å²) in [7, 11) is 1.63. The molecule has 2 nitrogen and oxygen atoms in total. The first-order valence-corrected chi connectivity index (χ1v) is 7.55. The van der Waals surface area contributed by atoms with Gasteiger partial charge in [-0.25, -0.2) is 0 Å². The minimum absolute atomic E-state index is 0.329. The maximum Gasteiger partial charge on any atom is 0.124 e. The summed E-state index contributed by atoms with van der Waals surface area (Å²) in [6.45, 7) is 2.25. The van der Waals surface area contributed by atoms with Crippen molar-refractivity contribution in [3.8, 4) is 5.75 Å². The number of halogens is 1. The van der Waals surface area contributed by atoms with Crippen molar-refractivity contribution < 1.29 is 9.84 Å². The molecule has 1 aliphatic carbocycles. The Labute approximate surface area is 120 Å². The van der Waals surface area contributed by atoms with Gasteiger partial charge in [-0.05, 0) is 42.9 Å². The fourth-order valence-corrected chi connectivity index (χ4v) is 3.28. The Morgan fingerprint density at radius 3 is 2.58 bits per heavy atom. The van der Waals surface area contributed by atoms with Gasteiger partial charge in [0.2, 0.25) is 0 Å². The molecule has 2 rings (SSSR count). The summed E-state index contributed by atoms with van der Waals surface area (Å²) < 4.78 is 5.34. The molecule has 0 heterocycles. The van der Waals surface area contributed by atoms with E-state index < -0.39 is 6.10 Å². The first-order valence-electron chi connectivity index (χ1n) is 7.17. The van der Waals surface area contributed by atoms with E-state index in [4.69, 9.17) is 16.3 Å². The standard InChI is InChI=1S/C16H23ClO2/c1-3-11-4-6-12(7-5-11)16(18)14-10-13(17)8-9-15(14)19-2/h8-12,16,18H,3-7H2,1-2H3. The van der Waals surface area contributed by atoms with Crippen molar-refractivity contribution in [2.75, 3.05) is 7.11 Å². The van der Waals surface area contributed by atoms with Crippen molar-refractivity contribution in [2.45, 2.75) is 45.1 Å². The molecule has 1 saturated carbocycles. The Bertz CT molecular complexity index is 411. The molecule has 1 aliphatic rings. The molecule has 1 N–H and O–H groups in total. The molecule has 0 saturated heterocycles. The van der Waals surface area contributed by atoms with Gasteiger partial charge in [-0.1, -0.05) is 37.8 Å². The second kappa shape index (κ2) is 6.62. The summed E-state index contributed by atoms with van der Waals surface area (Å²) in [6, 6.07) is 5.46. The van der Waals surface area contributed by atoms with E-state index in [1.165, 1.54) is 19.3 Å². The van der Waals surface area contributed by atoms with Gasteiger partial charge in [0, 0.05) is 10.6 Å². The van der Waals surface area contributed by atoms with Crippen molar-refractivity contribution in [1.82, 2.24) is 0 Å². The highest BCUT2D eigenvalue weighted by Gasteiger charge is 2.28. The Kier molecular flexibility index (Phi) is 5.12. The first kappa shape index (κ1) is 14.7. The van der Waals surface area contributed by atoms with Crippen LogP contribution in [0.15, 0.2) is 18.2 Å². The molecule has 19 heavy (non-hydrogen) atoms. The molecule has 1 aromatic rings. The largest absolute Gasteiger partial charge is 0.496 e. The van der Waals surface area contributed by atoms with E-state index in [0.717, 1.165) is 30.1 Å². The zero-order valence-electron chi connectivity index (χ0n) is 11.7. The molecule has 1 aromatic carbocycles. The lowest BCUT2D eigenvalue weighted by Gasteiger charge is -2.31. The van der Waals surface area contributed by atoms with Crippen LogP contribution in [-0.2, 0) is 0 Å². The molecule has 0 radical (unpaired) electrons. The van der Waals surface area contributed by atoms with E-state index in [0.29, 0.717) is 10.9 Å². The Morgan fingerprint density at radius 1 is 1.32 bits per heavy atom. The van der Waals surface area contributed by atoms with Gasteiger partial charge < -0.3 is 9.84 Å². The van der Waals surface area contributed by atoms with E-state index in [1.807, 2.05) is 12.1 Å². The van der Waals surface area contributed by atoms with Crippen LogP contribution in [0, 0.1) is 11.8 Å². The minimum Gasteiger partial charge on any atom is -0.496 e. The van der Waals surface area contributed by atoms with Crippen LogP contribution in [0.25, 0.3) is 0 Å². The maximum absolute atomic E-state index is 10.6. The fourth-order valence-electron chi connectivity index (χ4n) is 3.10. The number of hydrogen-bond donors (Lipinski definition) is 1. The Balaban J connectivity index is 2.11. The smallest absolute Gasteiger partial charge is 0.124 e. The van der Waals surface area contributed by atoms with E-state index in [2.05, 4.69) is 6.92 Å². The second-order valence-electron chi connectivity index (χ2n) is 5.52. The SMILES string of the molecule is CCC1CCC(C(O)c2cc(Cl)ccc2OC)CC1. The third-order valence-corrected chi connectivity index (χ3v) is 4.66. The van der Waals surface area contributed by atoms with Crippen LogP contribution in [0.5, 0.6) is 5.75 Å². The van der Waals surface area contributed by atoms with Crippen LogP contribution in [0.1, 0.15) is 50.7 Å². The molecule has 1 unspecified atom stereocenters. The summed E-state index contributed by atoms with van der Waals surface area (Å²) >= 11 is 6.04. The molecule has 0 aromatic heterocycles. The van der Waals surface area contributed by atoms with Gasteiger partial charge in [0.05, 0.1) is 13.2 Å². The predicted octanol–water partition coefficient (Wildman–Crippen LogP) is 4.60. The number of benzene rings is 1.